The first-order chi connectivity index (χ1) is 9.24. The Morgan fingerprint density at radius 3 is 0.750 bits per heavy atom. The molecule has 0 N–H and O–H groups in total. The molecule has 0 unspecified atom stereocenters. The summed E-state index contributed by atoms with van der Waals surface area (Å²) in [6.45, 7) is 4.08. The molecule has 0 aromatic carbocycles. The van der Waals surface area contributed by atoms with E-state index in [1.807, 2.05) is 78.1 Å². The second-order valence-electron chi connectivity index (χ2n) is 2.70. The van der Waals surface area contributed by atoms with E-state index in [9.17, 15) is 0 Å². The molecule has 0 aromatic rings. The summed E-state index contributed by atoms with van der Waals surface area (Å²) in [5, 5.41) is 0. The zero-order valence-electron chi connectivity index (χ0n) is 11.7. The zero-order valence-corrected chi connectivity index (χ0v) is 18.4. The summed E-state index contributed by atoms with van der Waals surface area (Å²) in [5.74, 6) is 2.11. The monoisotopic (exact) mass is 477 g/mol. The van der Waals surface area contributed by atoms with Gasteiger partial charge in [-0.2, -0.15) is 0 Å². The van der Waals surface area contributed by atoms with E-state index in [0.717, 1.165) is 11.5 Å². The van der Waals surface area contributed by atoms with E-state index in [1.54, 1.807) is 0 Å². The number of hydrogen-bond donors (Lipinski definition) is 0. The van der Waals surface area contributed by atoms with Crippen molar-refractivity contribution in [3.05, 3.63) is 64.2 Å². The first-order valence-corrected chi connectivity index (χ1v) is 12.9. The molecule has 0 bridgehead atoms. The molecular weight excluding hydrogens is 455 g/mol. The van der Waals surface area contributed by atoms with E-state index in [4.69, 9.17) is 18.4 Å². The summed E-state index contributed by atoms with van der Waals surface area (Å²) in [6.07, 6.45) is 20.0. The molecule has 0 nitrogen and oxygen atoms in total. The summed E-state index contributed by atoms with van der Waals surface area (Å²) >= 11 is 5.66. The molecule has 6 heteroatoms. The van der Waals surface area contributed by atoms with E-state index in [2.05, 4.69) is 25.3 Å². The summed E-state index contributed by atoms with van der Waals surface area (Å²) in [6, 6.07) is 0. The van der Waals surface area contributed by atoms with Crippen LogP contribution >= 0.6 is 18.4 Å². The summed E-state index contributed by atoms with van der Waals surface area (Å²) in [5.41, 5.74) is 0. The Labute approximate surface area is 166 Å². The Morgan fingerprint density at radius 2 is 0.700 bits per heavy atom. The van der Waals surface area contributed by atoms with Gasteiger partial charge in [0.15, 0.2) is 0 Å². The number of rotatable bonds is 0. The van der Waals surface area contributed by atoms with Gasteiger partial charge in [-0.1, -0.05) is 0 Å². The summed E-state index contributed by atoms with van der Waals surface area (Å²) < 4.78 is 0. The van der Waals surface area contributed by atoms with Crippen LogP contribution in [-0.4, -0.2) is 11.5 Å². The Hall–Kier alpha value is 2.51. The fourth-order valence-corrected chi connectivity index (χ4v) is 0.642. The Bertz CT molecular complexity index is 87.4. The second kappa shape index (κ2) is 37.6. The van der Waals surface area contributed by atoms with Crippen LogP contribution < -0.4 is 0 Å². The maximum atomic E-state index is 4.91. The first-order valence-electron chi connectivity index (χ1n) is 5.79. The maximum Gasteiger partial charge on any atom is 0 e. The van der Waals surface area contributed by atoms with Crippen molar-refractivity contribution in [1.82, 2.24) is 0 Å². The molecule has 2 aliphatic carbocycles. The van der Waals surface area contributed by atoms with Gasteiger partial charge in [-0.25, -0.2) is 0 Å². The standard InChI is InChI=1S/2C5H5.2C2H6S.2ClH.Nb.Ni/c2*1-2-4-5-3-1;2*1-2-3;;;;/h2*1-5H;2*3H,2H2,1H3;2*1H;;/q;;;;;;+2;. The smallest absolute Gasteiger partial charge is 0 e. The fraction of sp³-hybridized carbons (Fsp3) is 0.286. The predicted molar refractivity (Wildman–Crippen MR) is 96.1 cm³/mol. The minimum Gasteiger partial charge on any atom is 0 e. The van der Waals surface area contributed by atoms with Crippen molar-refractivity contribution in [2.75, 3.05) is 11.5 Å². The van der Waals surface area contributed by atoms with E-state index in [0.29, 0.717) is 0 Å². The van der Waals surface area contributed by atoms with Crippen molar-refractivity contribution in [3.63, 3.8) is 0 Å². The number of hydrogen-bond acceptors (Lipinski definition) is 0. The predicted octanol–water partition coefficient (Wildman–Crippen LogP) is 3.45. The van der Waals surface area contributed by atoms with Gasteiger partial charge >= 0.3 is 36.0 Å². The summed E-state index contributed by atoms with van der Waals surface area (Å²) in [4.78, 5) is 0. The van der Waals surface area contributed by atoms with Crippen LogP contribution in [0.25, 0.3) is 0 Å². The molecule has 2 fully saturated rings. The van der Waals surface area contributed by atoms with Crippen LogP contribution in [0.3, 0.4) is 0 Å². The van der Waals surface area contributed by atoms with Gasteiger partial charge in [0.25, 0.3) is 0 Å². The van der Waals surface area contributed by atoms with E-state index in [-0.39, 0.29) is 16.5 Å². The molecular formula is C14H24Cl2NbNiS2+2. The maximum absolute atomic E-state index is 4.91. The van der Waals surface area contributed by atoms with Gasteiger partial charge < -0.3 is 0 Å². The minimum atomic E-state index is -0.706. The second-order valence-corrected chi connectivity index (χ2v) is 7.45. The Balaban J connectivity index is -0.0000000816. The normalized spacial score (nSPS) is 14.5. The third kappa shape index (κ3) is 49.9. The minimum absolute atomic E-state index is 0. The van der Waals surface area contributed by atoms with Gasteiger partial charge in [0.1, 0.15) is 11.5 Å². The average Bonchev–Trinajstić information content (AvgIpc) is 3.11. The average molecular weight is 479 g/mol. The summed E-state index contributed by atoms with van der Waals surface area (Å²) in [7, 11) is 9.83. The van der Waals surface area contributed by atoms with Crippen LogP contribution in [0.2, 0.25) is 0 Å². The molecule has 0 aromatic heterocycles. The van der Waals surface area contributed by atoms with Gasteiger partial charge in [-0.05, 0) is 103 Å². The van der Waals surface area contributed by atoms with Crippen molar-refractivity contribution in [2.45, 2.75) is 13.8 Å². The van der Waals surface area contributed by atoms with Crippen LogP contribution in [0.4, 0.5) is 0 Å². The van der Waals surface area contributed by atoms with Crippen molar-refractivity contribution < 1.29 is 34.1 Å². The first kappa shape index (κ1) is 30.4. The molecule has 0 aliphatic heterocycles. The molecule has 2 saturated carbocycles. The van der Waals surface area contributed by atoms with Crippen molar-refractivity contribution in [3.8, 4) is 0 Å². The van der Waals surface area contributed by atoms with Gasteiger partial charge in [-0.3, -0.25) is 0 Å². The van der Waals surface area contributed by atoms with Gasteiger partial charge in [0.05, 0.1) is 0 Å². The van der Waals surface area contributed by atoms with E-state index < -0.39 is 17.6 Å². The van der Waals surface area contributed by atoms with Crippen molar-refractivity contribution >= 4 is 43.6 Å². The Morgan fingerprint density at radius 1 is 0.650 bits per heavy atom. The molecule has 0 amide bonds. The van der Waals surface area contributed by atoms with E-state index >= 15 is 0 Å². The van der Waals surface area contributed by atoms with Gasteiger partial charge in [0.2, 0.25) is 0 Å². The quantitative estimate of drug-likeness (QED) is 0.369. The van der Waals surface area contributed by atoms with Crippen LogP contribution in [0.5, 0.6) is 0 Å². The molecule has 0 spiro atoms. The van der Waals surface area contributed by atoms with Crippen LogP contribution in [-0.2, 0) is 59.3 Å². The van der Waals surface area contributed by atoms with Crippen molar-refractivity contribution in [1.29, 1.82) is 0 Å². The zero-order chi connectivity index (χ0) is 15.2. The van der Waals surface area contributed by atoms with E-state index in [1.165, 1.54) is 0 Å². The molecule has 0 heterocycles. The fourth-order valence-electron chi connectivity index (χ4n) is 0.642. The molecule has 0 saturated heterocycles. The third-order valence-electron chi connectivity index (χ3n) is 1.11. The third-order valence-corrected chi connectivity index (χ3v) is 1.11. The molecule has 20 heavy (non-hydrogen) atoms. The van der Waals surface area contributed by atoms with Crippen LogP contribution in [0.1, 0.15) is 13.8 Å². The van der Waals surface area contributed by atoms with Crippen molar-refractivity contribution in [2.24, 2.45) is 0 Å². The molecule has 2 aliphatic rings. The van der Waals surface area contributed by atoms with Gasteiger partial charge in [-0.15, -0.1) is 0 Å². The molecule has 119 valence electrons. The largest absolute Gasteiger partial charge is 0 e. The number of halogens is 2. The Kier molecular flexibility index (Phi) is 57.2. The van der Waals surface area contributed by atoms with Gasteiger partial charge in [0, 0.05) is 16.5 Å². The SMILES string of the molecule is CC[SH2+].CC[SH2+].[CH]1[CH][CH][CH][CH]1.[CH]1[CH][CH][CH][CH]1.[Cl][Nb][Cl].[Ni]. The van der Waals surface area contributed by atoms with Crippen LogP contribution in [0.15, 0.2) is 0 Å². The molecule has 10 radical (unpaired) electrons. The molecule has 2 rings (SSSR count). The van der Waals surface area contributed by atoms with Crippen LogP contribution in [0, 0.1) is 64.2 Å². The molecule has 0 atom stereocenters. The topological polar surface area (TPSA) is 0 Å².